The molecule has 0 radical (unpaired) electrons. The number of rotatable bonds is 5. The third kappa shape index (κ3) is 2.04. The van der Waals surface area contributed by atoms with Gasteiger partial charge in [0.25, 0.3) is 0 Å². The van der Waals surface area contributed by atoms with Crippen LogP contribution in [0, 0.1) is 11.3 Å². The molecule has 0 aliphatic heterocycles. The smallest absolute Gasteiger partial charge is 0.120 e. The van der Waals surface area contributed by atoms with Crippen LogP contribution in [0.3, 0.4) is 0 Å². The molecule has 2 aliphatic carbocycles. The van der Waals surface area contributed by atoms with Crippen LogP contribution in [0.2, 0.25) is 0 Å². The van der Waals surface area contributed by atoms with Gasteiger partial charge in [-0.2, -0.15) is 0 Å². The highest BCUT2D eigenvalue weighted by atomic mass is 31.1. The standard InChI is InChI=1S/C10H16NO2P/c1-7-6-8(7)11-14-9(13)10(2-3-10)4-5-12/h5,7-9,13H,2-4,6H2,1H3/t7?,8?,9-/m0/s1. The summed E-state index contributed by atoms with van der Waals surface area (Å²) in [6, 6.07) is 0.471. The van der Waals surface area contributed by atoms with Crippen LogP contribution in [-0.2, 0) is 4.79 Å². The number of aliphatic hydroxyl groups excluding tert-OH is 1. The zero-order valence-corrected chi connectivity index (χ0v) is 9.28. The Bertz CT molecular complexity index is 263. The fourth-order valence-corrected chi connectivity index (χ4v) is 2.86. The summed E-state index contributed by atoms with van der Waals surface area (Å²) in [7, 11) is 0.781. The first-order valence-corrected chi connectivity index (χ1v) is 6.11. The molecule has 0 aromatic carbocycles. The van der Waals surface area contributed by atoms with Crippen LogP contribution in [0.4, 0.5) is 0 Å². The molecule has 2 unspecified atom stereocenters. The largest absolute Gasteiger partial charge is 0.382 e. The predicted octanol–water partition coefficient (Wildman–Crippen LogP) is 2.21. The van der Waals surface area contributed by atoms with Gasteiger partial charge in [0, 0.05) is 20.2 Å². The van der Waals surface area contributed by atoms with Crippen molar-refractivity contribution < 1.29 is 9.90 Å². The van der Waals surface area contributed by atoms with Crippen molar-refractivity contribution in [3.63, 3.8) is 0 Å². The third-order valence-corrected chi connectivity index (χ3v) is 4.52. The molecular formula is C10H16NO2P. The van der Waals surface area contributed by atoms with Gasteiger partial charge in [0.05, 0.1) is 6.04 Å². The summed E-state index contributed by atoms with van der Waals surface area (Å²) in [4.78, 5) is 10.4. The maximum atomic E-state index is 10.4. The fourth-order valence-electron chi connectivity index (χ4n) is 1.63. The average molecular weight is 213 g/mol. The normalized spacial score (nSPS) is 35.6. The number of aliphatic hydroxyl groups is 1. The molecule has 4 heteroatoms. The lowest BCUT2D eigenvalue weighted by molar-refractivity contribution is -0.109. The van der Waals surface area contributed by atoms with E-state index in [1.165, 1.54) is 6.42 Å². The quantitative estimate of drug-likeness (QED) is 0.562. The summed E-state index contributed by atoms with van der Waals surface area (Å²) < 4.78 is 4.41. The molecule has 0 saturated heterocycles. The molecule has 14 heavy (non-hydrogen) atoms. The van der Waals surface area contributed by atoms with E-state index >= 15 is 0 Å². The Morgan fingerprint density at radius 1 is 1.71 bits per heavy atom. The minimum atomic E-state index is -0.416. The highest BCUT2D eigenvalue weighted by molar-refractivity contribution is 7.27. The molecule has 2 aliphatic rings. The van der Waals surface area contributed by atoms with Gasteiger partial charge >= 0.3 is 0 Å². The second kappa shape index (κ2) is 3.71. The van der Waals surface area contributed by atoms with Gasteiger partial charge in [-0.1, -0.05) is 6.92 Å². The number of aldehydes is 1. The lowest BCUT2D eigenvalue weighted by Crippen LogP contribution is -2.16. The summed E-state index contributed by atoms with van der Waals surface area (Å²) in [6.07, 6.45) is 4.55. The van der Waals surface area contributed by atoms with Crippen molar-refractivity contribution >= 4 is 14.7 Å². The van der Waals surface area contributed by atoms with E-state index < -0.39 is 5.85 Å². The molecule has 2 fully saturated rings. The van der Waals surface area contributed by atoms with Crippen LogP contribution < -0.4 is 0 Å². The van der Waals surface area contributed by atoms with E-state index in [4.69, 9.17) is 0 Å². The van der Waals surface area contributed by atoms with Gasteiger partial charge < -0.3 is 9.90 Å². The van der Waals surface area contributed by atoms with E-state index in [0.717, 1.165) is 27.5 Å². The Kier molecular flexibility index (Phi) is 2.72. The Labute approximate surface area is 85.8 Å². The highest BCUT2D eigenvalue weighted by Crippen LogP contribution is 2.54. The van der Waals surface area contributed by atoms with Gasteiger partial charge in [-0.15, -0.1) is 0 Å². The first-order chi connectivity index (χ1) is 6.68. The van der Waals surface area contributed by atoms with Crippen molar-refractivity contribution in [3.05, 3.63) is 0 Å². The maximum absolute atomic E-state index is 10.4. The number of hydrogen-bond donors (Lipinski definition) is 1. The van der Waals surface area contributed by atoms with Gasteiger partial charge in [0.15, 0.2) is 0 Å². The van der Waals surface area contributed by atoms with Crippen molar-refractivity contribution in [2.24, 2.45) is 16.1 Å². The van der Waals surface area contributed by atoms with Crippen molar-refractivity contribution in [2.45, 2.75) is 44.5 Å². The van der Waals surface area contributed by atoms with E-state index in [1.807, 2.05) is 0 Å². The van der Waals surface area contributed by atoms with Crippen LogP contribution in [-0.4, -0.2) is 23.3 Å². The molecular weight excluding hydrogens is 197 g/mol. The zero-order valence-electron chi connectivity index (χ0n) is 8.39. The summed E-state index contributed by atoms with van der Waals surface area (Å²) in [5.74, 6) is 0.288. The Hall–Kier alpha value is -0.270. The molecule has 0 aromatic rings. The lowest BCUT2D eigenvalue weighted by Gasteiger charge is -2.14. The van der Waals surface area contributed by atoms with E-state index in [-0.39, 0.29) is 5.41 Å². The molecule has 2 rings (SSSR count). The van der Waals surface area contributed by atoms with Crippen molar-refractivity contribution in [1.82, 2.24) is 0 Å². The molecule has 2 saturated carbocycles. The maximum Gasteiger partial charge on any atom is 0.120 e. The molecule has 1 N–H and O–H groups in total. The average Bonchev–Trinajstić information content (AvgIpc) is 3.02. The number of nitrogens with zero attached hydrogens (tertiary/aromatic N) is 1. The van der Waals surface area contributed by atoms with E-state index in [1.54, 1.807) is 0 Å². The van der Waals surface area contributed by atoms with E-state index in [9.17, 15) is 9.90 Å². The first-order valence-electron chi connectivity index (χ1n) is 5.20. The first kappa shape index (κ1) is 10.3. The summed E-state index contributed by atoms with van der Waals surface area (Å²) in [5, 5.41) is 9.87. The van der Waals surface area contributed by atoms with Gasteiger partial charge in [-0.25, -0.2) is 0 Å². The molecule has 3 atom stereocenters. The van der Waals surface area contributed by atoms with Gasteiger partial charge in [-0.05, 0) is 25.2 Å². The summed E-state index contributed by atoms with van der Waals surface area (Å²) >= 11 is 0. The fraction of sp³-hybridized carbons (Fsp3) is 0.900. The second-order valence-corrected chi connectivity index (χ2v) is 5.57. The van der Waals surface area contributed by atoms with Gasteiger partial charge in [0.2, 0.25) is 0 Å². The second-order valence-electron chi connectivity index (χ2n) is 4.62. The molecule has 0 aromatic heterocycles. The van der Waals surface area contributed by atoms with Gasteiger partial charge in [-0.3, -0.25) is 4.74 Å². The number of carbonyl (C=O) groups is 1. The monoisotopic (exact) mass is 213 g/mol. The van der Waals surface area contributed by atoms with Crippen molar-refractivity contribution in [3.8, 4) is 0 Å². The van der Waals surface area contributed by atoms with Crippen LogP contribution in [0.15, 0.2) is 4.74 Å². The van der Waals surface area contributed by atoms with Crippen molar-refractivity contribution in [2.75, 3.05) is 0 Å². The molecule has 0 spiro atoms. The Morgan fingerprint density at radius 3 is 2.79 bits per heavy atom. The van der Waals surface area contributed by atoms with Crippen LogP contribution in [0.5, 0.6) is 0 Å². The highest BCUT2D eigenvalue weighted by Gasteiger charge is 2.48. The Morgan fingerprint density at radius 2 is 2.36 bits per heavy atom. The zero-order chi connectivity index (χ0) is 10.2. The summed E-state index contributed by atoms with van der Waals surface area (Å²) in [5.41, 5.74) is -0.106. The lowest BCUT2D eigenvalue weighted by atomic mass is 10.1. The molecule has 78 valence electrons. The molecule has 0 bridgehead atoms. The Balaban J connectivity index is 1.85. The number of hydrogen-bond acceptors (Lipinski definition) is 3. The van der Waals surface area contributed by atoms with Crippen LogP contribution in [0.1, 0.15) is 32.6 Å². The number of carbonyl (C=O) groups excluding carboxylic acids is 1. The summed E-state index contributed by atoms with van der Waals surface area (Å²) in [6.45, 7) is 2.17. The molecule has 3 nitrogen and oxygen atoms in total. The molecule has 0 amide bonds. The van der Waals surface area contributed by atoms with E-state index in [0.29, 0.717) is 18.4 Å². The van der Waals surface area contributed by atoms with Crippen LogP contribution in [0.25, 0.3) is 0 Å². The third-order valence-electron chi connectivity index (χ3n) is 3.32. The van der Waals surface area contributed by atoms with Gasteiger partial charge in [0.1, 0.15) is 12.1 Å². The minimum absolute atomic E-state index is 0.106. The van der Waals surface area contributed by atoms with E-state index in [2.05, 4.69) is 11.7 Å². The molecule has 0 heterocycles. The minimum Gasteiger partial charge on any atom is -0.382 e. The SMILES string of the molecule is CC1CC1N=P[C@H](O)C1(CC=O)CC1. The van der Waals surface area contributed by atoms with Crippen LogP contribution >= 0.6 is 8.37 Å². The topological polar surface area (TPSA) is 49.7 Å². The van der Waals surface area contributed by atoms with Crippen molar-refractivity contribution in [1.29, 1.82) is 0 Å². The predicted molar refractivity (Wildman–Crippen MR) is 55.3 cm³/mol.